The van der Waals surface area contributed by atoms with Crippen LogP contribution in [0.25, 0.3) is 0 Å². The van der Waals surface area contributed by atoms with Crippen molar-refractivity contribution in [2.45, 2.75) is 5.51 Å². The molecule has 2 aromatic carbocycles. The number of amides is 2. The molecule has 0 radical (unpaired) electrons. The molecule has 0 atom stereocenters. The van der Waals surface area contributed by atoms with E-state index in [1.807, 2.05) is 0 Å². The van der Waals surface area contributed by atoms with Gasteiger partial charge in [-0.2, -0.15) is 21.6 Å². The van der Waals surface area contributed by atoms with E-state index in [1.165, 1.54) is 12.1 Å². The first kappa shape index (κ1) is 17.0. The first-order valence-electron chi connectivity index (χ1n) is 6.70. The van der Waals surface area contributed by atoms with Crippen LogP contribution in [0.5, 0.6) is 5.75 Å². The largest absolute Gasteiger partial charge is 0.534 e. The predicted octanol–water partition coefficient (Wildman–Crippen LogP) is 2.72. The lowest BCUT2D eigenvalue weighted by Crippen LogP contribution is -2.29. The highest BCUT2D eigenvalue weighted by Gasteiger charge is 2.49. The standard InChI is InChI=1S/C15H8F3NO5S/c16-15(17,18)25(22,23)24-10-6-7-11-12(8-10)14(21)19(13(11)20)9-4-2-1-3-5-9/h1-8H. The quantitative estimate of drug-likeness (QED) is 0.471. The molecule has 0 saturated carbocycles. The molecule has 0 saturated heterocycles. The fourth-order valence-corrected chi connectivity index (χ4v) is 2.71. The zero-order chi connectivity index (χ0) is 18.4. The number of anilines is 1. The van der Waals surface area contributed by atoms with Crippen LogP contribution < -0.4 is 9.08 Å². The second kappa shape index (κ2) is 5.59. The highest BCUT2D eigenvalue weighted by molar-refractivity contribution is 7.88. The first-order valence-corrected chi connectivity index (χ1v) is 8.11. The third-order valence-electron chi connectivity index (χ3n) is 3.36. The van der Waals surface area contributed by atoms with Gasteiger partial charge < -0.3 is 4.18 Å². The van der Waals surface area contributed by atoms with E-state index in [1.54, 1.807) is 18.2 Å². The van der Waals surface area contributed by atoms with Crippen molar-refractivity contribution in [3.8, 4) is 5.75 Å². The van der Waals surface area contributed by atoms with Gasteiger partial charge in [0.05, 0.1) is 16.8 Å². The second-order valence-corrected chi connectivity index (χ2v) is 6.51. The van der Waals surface area contributed by atoms with Gasteiger partial charge in [0.2, 0.25) is 0 Å². The second-order valence-electron chi connectivity index (χ2n) is 4.97. The van der Waals surface area contributed by atoms with E-state index >= 15 is 0 Å². The summed E-state index contributed by atoms with van der Waals surface area (Å²) in [7, 11) is -5.87. The van der Waals surface area contributed by atoms with Crippen LogP contribution in [0.15, 0.2) is 48.5 Å². The molecule has 0 spiro atoms. The van der Waals surface area contributed by atoms with Gasteiger partial charge in [0.15, 0.2) is 0 Å². The number of alkyl halides is 3. The van der Waals surface area contributed by atoms with Gasteiger partial charge in [-0.25, -0.2) is 4.90 Å². The summed E-state index contributed by atoms with van der Waals surface area (Å²) in [5, 5.41) is 0. The number of benzene rings is 2. The lowest BCUT2D eigenvalue weighted by molar-refractivity contribution is -0.0500. The van der Waals surface area contributed by atoms with Crippen LogP contribution in [0.3, 0.4) is 0 Å². The molecule has 10 heteroatoms. The van der Waals surface area contributed by atoms with Crippen molar-refractivity contribution in [1.29, 1.82) is 0 Å². The molecule has 3 rings (SSSR count). The van der Waals surface area contributed by atoms with Crippen molar-refractivity contribution >= 4 is 27.6 Å². The van der Waals surface area contributed by atoms with E-state index in [0.717, 1.165) is 23.1 Å². The summed E-state index contributed by atoms with van der Waals surface area (Å²) in [6.45, 7) is 0. The Morgan fingerprint density at radius 2 is 1.48 bits per heavy atom. The van der Waals surface area contributed by atoms with Crippen molar-refractivity contribution in [3.63, 3.8) is 0 Å². The number of fused-ring (bicyclic) bond motifs is 1. The zero-order valence-corrected chi connectivity index (χ0v) is 13.0. The van der Waals surface area contributed by atoms with Gasteiger partial charge in [-0.3, -0.25) is 9.59 Å². The summed E-state index contributed by atoms with van der Waals surface area (Å²) in [6.07, 6.45) is 0. The number of hydrogen-bond acceptors (Lipinski definition) is 5. The number of nitrogens with zero attached hydrogens (tertiary/aromatic N) is 1. The molecule has 0 aromatic heterocycles. The summed E-state index contributed by atoms with van der Waals surface area (Å²) in [5.41, 5.74) is -5.64. The number of carbonyl (C=O) groups is 2. The van der Waals surface area contributed by atoms with Crippen LogP contribution in [0.4, 0.5) is 18.9 Å². The topological polar surface area (TPSA) is 80.8 Å². The maximum Gasteiger partial charge on any atom is 0.534 e. The lowest BCUT2D eigenvalue weighted by atomic mass is 10.1. The van der Waals surface area contributed by atoms with Crippen LogP contribution in [0, 0.1) is 0 Å². The fourth-order valence-electron chi connectivity index (χ4n) is 2.26. The number of halogens is 3. The summed E-state index contributed by atoms with van der Waals surface area (Å²) in [4.78, 5) is 25.6. The predicted molar refractivity (Wildman–Crippen MR) is 79.6 cm³/mol. The maximum atomic E-state index is 12.4. The van der Waals surface area contributed by atoms with Crippen LogP contribution in [0.2, 0.25) is 0 Å². The number of imide groups is 1. The van der Waals surface area contributed by atoms with Crippen LogP contribution in [-0.2, 0) is 10.1 Å². The normalized spacial score (nSPS) is 14.6. The molecule has 25 heavy (non-hydrogen) atoms. The molecular formula is C15H8F3NO5S. The van der Waals surface area contributed by atoms with Gasteiger partial charge in [-0.05, 0) is 30.3 Å². The average molecular weight is 371 g/mol. The van der Waals surface area contributed by atoms with E-state index in [9.17, 15) is 31.2 Å². The molecule has 2 aromatic rings. The number of hydrogen-bond donors (Lipinski definition) is 0. The maximum absolute atomic E-state index is 12.4. The molecule has 1 aliphatic rings. The van der Waals surface area contributed by atoms with E-state index < -0.39 is 33.2 Å². The lowest BCUT2D eigenvalue weighted by Gasteiger charge is -2.13. The SMILES string of the molecule is O=C1c2ccc(OS(=O)(=O)C(F)(F)F)cc2C(=O)N1c1ccccc1. The molecule has 1 aliphatic heterocycles. The highest BCUT2D eigenvalue weighted by atomic mass is 32.2. The molecule has 1 heterocycles. The molecule has 0 unspecified atom stereocenters. The minimum Gasteiger partial charge on any atom is -0.376 e. The highest BCUT2D eigenvalue weighted by Crippen LogP contribution is 2.32. The molecule has 2 amide bonds. The van der Waals surface area contributed by atoms with Gasteiger partial charge in [0.25, 0.3) is 11.8 Å². The molecule has 0 bridgehead atoms. The summed E-state index contributed by atoms with van der Waals surface area (Å²) < 4.78 is 63.2. The van der Waals surface area contributed by atoms with Gasteiger partial charge in [-0.1, -0.05) is 18.2 Å². The van der Waals surface area contributed by atoms with E-state index in [2.05, 4.69) is 4.18 Å². The van der Waals surface area contributed by atoms with E-state index in [4.69, 9.17) is 0 Å². The van der Waals surface area contributed by atoms with E-state index in [-0.39, 0.29) is 16.8 Å². The molecule has 6 nitrogen and oxygen atoms in total. The zero-order valence-electron chi connectivity index (χ0n) is 12.1. The third-order valence-corrected chi connectivity index (χ3v) is 4.34. The van der Waals surface area contributed by atoms with Gasteiger partial charge in [0, 0.05) is 0 Å². The van der Waals surface area contributed by atoms with Crippen LogP contribution >= 0.6 is 0 Å². The van der Waals surface area contributed by atoms with Gasteiger partial charge in [-0.15, -0.1) is 0 Å². The van der Waals surface area contributed by atoms with Crippen molar-refractivity contribution in [2.75, 3.05) is 4.90 Å². The molecule has 0 aliphatic carbocycles. The van der Waals surface area contributed by atoms with Crippen LogP contribution in [0.1, 0.15) is 20.7 Å². The van der Waals surface area contributed by atoms with Crippen molar-refractivity contribution < 1.29 is 35.4 Å². The van der Waals surface area contributed by atoms with Crippen molar-refractivity contribution in [3.05, 3.63) is 59.7 Å². The first-order chi connectivity index (χ1) is 11.6. The Kier molecular flexibility index (Phi) is 3.79. The summed E-state index contributed by atoms with van der Waals surface area (Å²) in [6, 6.07) is 10.6. The Labute approximate surface area is 139 Å². The van der Waals surface area contributed by atoms with E-state index in [0.29, 0.717) is 0 Å². The Bertz CT molecular complexity index is 970. The molecule has 0 N–H and O–H groups in total. The minimum atomic E-state index is -5.87. The fraction of sp³-hybridized carbons (Fsp3) is 0.0667. The van der Waals surface area contributed by atoms with Gasteiger partial charge >= 0.3 is 15.6 Å². The summed E-state index contributed by atoms with van der Waals surface area (Å²) >= 11 is 0. The Hall–Kier alpha value is -2.88. The van der Waals surface area contributed by atoms with Gasteiger partial charge in [0.1, 0.15) is 5.75 Å². The summed E-state index contributed by atoms with van der Waals surface area (Å²) in [5.74, 6) is -2.18. The molecule has 0 fully saturated rings. The molecular weight excluding hydrogens is 363 g/mol. The average Bonchev–Trinajstić information content (AvgIpc) is 2.78. The minimum absolute atomic E-state index is 0.0643. The Morgan fingerprint density at radius 1 is 0.880 bits per heavy atom. The van der Waals surface area contributed by atoms with Crippen molar-refractivity contribution in [2.24, 2.45) is 0 Å². The number of rotatable bonds is 3. The monoisotopic (exact) mass is 371 g/mol. The van der Waals surface area contributed by atoms with Crippen molar-refractivity contribution in [1.82, 2.24) is 0 Å². The van der Waals surface area contributed by atoms with Crippen LogP contribution in [-0.4, -0.2) is 25.7 Å². The Morgan fingerprint density at radius 3 is 2.08 bits per heavy atom. The number of para-hydroxylation sites is 1. The number of carbonyl (C=O) groups excluding carboxylic acids is 2. The third kappa shape index (κ3) is 2.84. The molecule has 130 valence electrons. The Balaban J connectivity index is 1.98. The smallest absolute Gasteiger partial charge is 0.376 e.